The summed E-state index contributed by atoms with van der Waals surface area (Å²) in [6.45, 7) is -0.433. The first-order valence-electron chi connectivity index (χ1n) is 25.8. The maximum Gasteiger partial charge on any atom is 0.184 e. The average molecular weight is 1210 g/mol. The van der Waals surface area contributed by atoms with E-state index in [9.17, 15) is 143 Å². The molecule has 0 aliphatic carbocycles. The summed E-state index contributed by atoms with van der Waals surface area (Å²) in [6.07, 6.45) is -91.9. The fourth-order valence-corrected chi connectivity index (χ4v) is 13.9. The van der Waals surface area contributed by atoms with Crippen LogP contribution in [0.15, 0.2) is 0 Å². The third-order valence-electron chi connectivity index (χ3n) is 16.8. The second-order valence-corrected chi connectivity index (χ2v) is 22.9. The number of hydrogen-bond acceptors (Lipinski definition) is 37. The molecular weight excluding hydrogens is 1130 g/mol. The van der Waals surface area contributed by atoms with E-state index >= 15 is 0 Å². The summed E-state index contributed by atoms with van der Waals surface area (Å²) in [4.78, 5) is 0. The Morgan fingerprint density at radius 2 is 0.506 bits per heavy atom. The molecule has 0 radical (unpaired) electrons. The highest BCUT2D eigenvalue weighted by molar-refractivity contribution is 8.00. The Morgan fingerprint density at radius 3 is 0.852 bits per heavy atom. The highest BCUT2D eigenvalue weighted by atomic mass is 32.2. The van der Waals surface area contributed by atoms with E-state index in [1.807, 2.05) is 0 Å². The lowest BCUT2D eigenvalue weighted by Gasteiger charge is -2.59. The zero-order chi connectivity index (χ0) is 60.4. The number of aliphatic hydroxyl groups is 28. The maximum atomic E-state index is 12.4. The minimum absolute atomic E-state index is 0.433. The van der Waals surface area contributed by atoms with Crippen LogP contribution in [0.5, 0.6) is 0 Å². The number of ether oxygens (including phenoxy) is 7. The van der Waals surface area contributed by atoms with E-state index in [0.717, 1.165) is 0 Å². The molecule has 7 aliphatic rings. The van der Waals surface area contributed by atoms with Gasteiger partial charge < -0.3 is 182 Å². The number of rotatable bonds is 16. The van der Waals surface area contributed by atoms with Crippen molar-refractivity contribution >= 4 is 11.8 Å². The summed E-state index contributed by atoms with van der Waals surface area (Å²) < 4.78 is 40.2. The lowest BCUT2D eigenvalue weighted by molar-refractivity contribution is -0.355. The van der Waals surface area contributed by atoms with Crippen LogP contribution in [-0.2, 0) is 33.2 Å². The van der Waals surface area contributed by atoms with Gasteiger partial charge in [-0.3, -0.25) is 0 Å². The van der Waals surface area contributed by atoms with Gasteiger partial charge in [0.25, 0.3) is 0 Å². The Morgan fingerprint density at radius 1 is 0.259 bits per heavy atom. The standard InChI is InChI=1S/C44H77NO35S/c45-1-2-81-37(36-23(59)17(53)30(66)44(73)80-36)9(35-22(58)16(52)29(65)43(72)79-35)8(34-21(57)15(51)28(64)42(71)78-34)7(33-20(56)14(50)27(63)41(70)77-33)6(32-19(55)13(49)26(62)40(69)76-32)4(31-18(54)12(48)25(61)39(68)75-31)3-5-10(46)11(47)24(60)38(67)74-5/h4-44,46-73H,1-3,45H2. The number of hydrogen-bond donors (Lipinski definition) is 29. The van der Waals surface area contributed by atoms with Crippen LogP contribution in [0.25, 0.3) is 0 Å². The zero-order valence-electron chi connectivity index (χ0n) is 42.2. The first-order chi connectivity index (χ1) is 37.8. The minimum atomic E-state index is -2.84. The zero-order valence-corrected chi connectivity index (χ0v) is 43.0. The Bertz CT molecular complexity index is 1990. The summed E-state index contributed by atoms with van der Waals surface area (Å²) in [5.74, 6) is -13.8. The van der Waals surface area contributed by atoms with Crippen molar-refractivity contribution in [3.05, 3.63) is 0 Å². The van der Waals surface area contributed by atoms with Crippen molar-refractivity contribution < 1.29 is 176 Å². The van der Waals surface area contributed by atoms with Crippen LogP contribution in [0.4, 0.5) is 0 Å². The van der Waals surface area contributed by atoms with E-state index in [2.05, 4.69) is 0 Å². The van der Waals surface area contributed by atoms with E-state index in [4.69, 9.17) is 38.9 Å². The molecule has 0 spiro atoms. The summed E-state index contributed by atoms with van der Waals surface area (Å²) in [5, 5.41) is 317. The van der Waals surface area contributed by atoms with Gasteiger partial charge in [0.2, 0.25) is 0 Å². The number of aliphatic hydroxyl groups excluding tert-OH is 28. The molecule has 0 aromatic rings. The van der Waals surface area contributed by atoms with Crippen molar-refractivity contribution in [2.75, 3.05) is 12.3 Å². The quantitative estimate of drug-likeness (QED) is 0.0682. The molecule has 0 aromatic carbocycles. The predicted octanol–water partition coefficient (Wildman–Crippen LogP) is -17.9. The Balaban J connectivity index is 1.68. The normalized spacial score (nSPS) is 54.4. The van der Waals surface area contributed by atoms with Crippen LogP contribution in [-0.4, -0.2) is 375 Å². The molecule has 41 unspecified atom stereocenters. The molecule has 41 atom stereocenters. The van der Waals surface area contributed by atoms with Gasteiger partial charge in [-0.1, -0.05) is 0 Å². The van der Waals surface area contributed by atoms with Crippen molar-refractivity contribution in [3.63, 3.8) is 0 Å². The second kappa shape index (κ2) is 27.1. The average Bonchev–Trinajstić information content (AvgIpc) is 3.57. The van der Waals surface area contributed by atoms with Gasteiger partial charge >= 0.3 is 0 Å². The summed E-state index contributed by atoms with van der Waals surface area (Å²) in [7, 11) is 0. The fourth-order valence-electron chi connectivity index (χ4n) is 12.5. The van der Waals surface area contributed by atoms with Gasteiger partial charge in [-0.05, 0) is 24.2 Å². The topological polar surface area (TPSA) is 657 Å². The van der Waals surface area contributed by atoms with Gasteiger partial charge in [-0.15, -0.1) is 0 Å². The van der Waals surface area contributed by atoms with Gasteiger partial charge in [-0.2, -0.15) is 11.8 Å². The molecule has 7 fully saturated rings. The van der Waals surface area contributed by atoms with Crippen molar-refractivity contribution in [2.24, 2.45) is 35.3 Å². The molecule has 0 saturated carbocycles. The predicted molar refractivity (Wildman–Crippen MR) is 250 cm³/mol. The second-order valence-electron chi connectivity index (χ2n) is 21.6. The molecule has 7 aliphatic heterocycles. The molecular formula is C44H77NO35S. The summed E-state index contributed by atoms with van der Waals surface area (Å²) >= 11 is 0.453. The van der Waals surface area contributed by atoms with Crippen LogP contribution in [0, 0.1) is 29.6 Å². The van der Waals surface area contributed by atoms with Crippen molar-refractivity contribution in [1.82, 2.24) is 0 Å². The largest absolute Gasteiger partial charge is 0.388 e. The van der Waals surface area contributed by atoms with E-state index in [0.29, 0.717) is 11.8 Å². The molecule has 36 nitrogen and oxygen atoms in total. The molecule has 0 bridgehead atoms. The minimum Gasteiger partial charge on any atom is -0.388 e. The van der Waals surface area contributed by atoms with Crippen LogP contribution in [0.2, 0.25) is 0 Å². The van der Waals surface area contributed by atoms with Gasteiger partial charge in [0, 0.05) is 29.4 Å². The molecule has 0 amide bonds. The highest BCUT2D eigenvalue weighted by Gasteiger charge is 2.67. The third-order valence-corrected chi connectivity index (χ3v) is 18.3. The summed E-state index contributed by atoms with van der Waals surface area (Å²) in [5.41, 5.74) is 5.97. The van der Waals surface area contributed by atoms with Gasteiger partial charge in [0.1, 0.15) is 134 Å². The molecule has 30 N–H and O–H groups in total. The molecule has 0 aromatic heterocycles. The van der Waals surface area contributed by atoms with Gasteiger partial charge in [0.05, 0.1) is 36.6 Å². The van der Waals surface area contributed by atoms with E-state index in [1.165, 1.54) is 0 Å². The SMILES string of the molecule is NCCSC(C1OC(O)C(O)C(O)C1O)C(C1OC(O)C(O)C(O)C1O)C(C1OC(O)C(O)C(O)C1O)C(C1OC(O)C(O)C(O)C1O)C(C(CC1OC(O)C(O)C(O)C1O)C1OC(O)C(O)C(O)C1O)C1OC(O)C(O)C(O)C1O. The fraction of sp³-hybridized carbons (Fsp3) is 1.00. The Hall–Kier alpha value is -1.09. The first kappa shape index (κ1) is 67.4. The third kappa shape index (κ3) is 12.8. The van der Waals surface area contributed by atoms with Crippen LogP contribution in [0.3, 0.4) is 0 Å². The molecule has 37 heteroatoms. The number of thioether (sulfide) groups is 1. The summed E-state index contributed by atoms with van der Waals surface area (Å²) in [6, 6.07) is 0. The Labute approximate surface area is 461 Å². The Kier molecular flexibility index (Phi) is 22.6. The maximum absolute atomic E-state index is 12.4. The molecule has 7 rings (SSSR count). The van der Waals surface area contributed by atoms with E-state index in [-0.39, 0.29) is 0 Å². The molecule has 7 saturated heterocycles. The lowest BCUT2D eigenvalue weighted by Crippen LogP contribution is -2.73. The van der Waals surface area contributed by atoms with Crippen molar-refractivity contribution in [3.8, 4) is 0 Å². The van der Waals surface area contributed by atoms with Gasteiger partial charge in [-0.25, -0.2) is 0 Å². The smallest absolute Gasteiger partial charge is 0.184 e. The van der Waals surface area contributed by atoms with Crippen LogP contribution >= 0.6 is 11.8 Å². The van der Waals surface area contributed by atoms with E-state index < -0.39 is 268 Å². The highest BCUT2D eigenvalue weighted by Crippen LogP contribution is 2.55. The number of nitrogens with two attached hydrogens (primary N) is 1. The first-order valence-corrected chi connectivity index (χ1v) is 26.8. The van der Waals surface area contributed by atoms with Crippen LogP contribution in [0.1, 0.15) is 6.42 Å². The van der Waals surface area contributed by atoms with Gasteiger partial charge in [0.15, 0.2) is 44.0 Å². The van der Waals surface area contributed by atoms with Crippen LogP contribution < -0.4 is 5.73 Å². The van der Waals surface area contributed by atoms with Crippen molar-refractivity contribution in [1.29, 1.82) is 0 Å². The van der Waals surface area contributed by atoms with Crippen molar-refractivity contribution in [2.45, 2.75) is 227 Å². The monoisotopic (exact) mass is 1210 g/mol. The lowest BCUT2D eigenvalue weighted by atomic mass is 9.56. The molecule has 7 heterocycles. The molecule has 81 heavy (non-hydrogen) atoms. The van der Waals surface area contributed by atoms with E-state index in [1.54, 1.807) is 0 Å². The molecule has 474 valence electrons.